The van der Waals surface area contributed by atoms with Crippen LogP contribution in [0.1, 0.15) is 45.0 Å². The Balaban J connectivity index is 2.88. The van der Waals surface area contributed by atoms with Gasteiger partial charge in [-0.15, -0.1) is 11.3 Å². The van der Waals surface area contributed by atoms with Crippen molar-refractivity contribution in [1.82, 2.24) is 4.90 Å². The summed E-state index contributed by atoms with van der Waals surface area (Å²) in [6.45, 7) is 11.1. The van der Waals surface area contributed by atoms with Gasteiger partial charge in [0.1, 0.15) is 0 Å². The van der Waals surface area contributed by atoms with Crippen LogP contribution >= 0.6 is 27.3 Å². The van der Waals surface area contributed by atoms with Gasteiger partial charge in [0.15, 0.2) is 0 Å². The molecule has 0 aliphatic carbocycles. The van der Waals surface area contributed by atoms with Gasteiger partial charge in [-0.05, 0) is 41.4 Å². The lowest BCUT2D eigenvalue weighted by atomic mass is 10.0. The Labute approximate surface area is 124 Å². The van der Waals surface area contributed by atoms with E-state index in [1.165, 1.54) is 11.3 Å². The predicted octanol–water partition coefficient (Wildman–Crippen LogP) is 4.27. The van der Waals surface area contributed by atoms with Gasteiger partial charge < -0.3 is 5.73 Å². The molecule has 104 valence electrons. The monoisotopic (exact) mass is 332 g/mol. The summed E-state index contributed by atoms with van der Waals surface area (Å²) in [4.78, 5) is 3.87. The SMILES string of the molecule is CCC(C)CN(CC)C(c1cc(Br)cs1)C(C)N. The minimum atomic E-state index is 0.152. The highest BCUT2D eigenvalue weighted by atomic mass is 79.9. The van der Waals surface area contributed by atoms with Gasteiger partial charge in [0, 0.05) is 27.3 Å². The van der Waals surface area contributed by atoms with E-state index in [4.69, 9.17) is 5.73 Å². The van der Waals surface area contributed by atoms with Gasteiger partial charge in [0.05, 0.1) is 6.04 Å². The highest BCUT2D eigenvalue weighted by Crippen LogP contribution is 2.31. The molecule has 3 atom stereocenters. The van der Waals surface area contributed by atoms with Crippen molar-refractivity contribution < 1.29 is 0 Å². The maximum absolute atomic E-state index is 6.22. The Morgan fingerprint density at radius 3 is 2.44 bits per heavy atom. The normalized spacial score (nSPS) is 16.8. The van der Waals surface area contributed by atoms with Crippen LogP contribution in [0, 0.1) is 5.92 Å². The fraction of sp³-hybridized carbons (Fsp3) is 0.714. The molecule has 0 saturated heterocycles. The van der Waals surface area contributed by atoms with Crippen molar-refractivity contribution in [1.29, 1.82) is 0 Å². The first-order valence-electron chi connectivity index (χ1n) is 6.73. The summed E-state index contributed by atoms with van der Waals surface area (Å²) in [6, 6.07) is 2.69. The minimum absolute atomic E-state index is 0.152. The Morgan fingerprint density at radius 2 is 2.06 bits per heavy atom. The standard InChI is InChI=1S/C14H25BrN2S/c1-5-10(3)8-17(6-2)14(11(4)16)13-7-12(15)9-18-13/h7,9-11,14H,5-6,8,16H2,1-4H3. The molecule has 0 fully saturated rings. The molecule has 0 aromatic carbocycles. The van der Waals surface area contributed by atoms with Crippen molar-refractivity contribution >= 4 is 27.3 Å². The average Bonchev–Trinajstić information content (AvgIpc) is 2.73. The van der Waals surface area contributed by atoms with Gasteiger partial charge >= 0.3 is 0 Å². The Morgan fingerprint density at radius 1 is 1.39 bits per heavy atom. The summed E-state index contributed by atoms with van der Waals surface area (Å²) in [5, 5.41) is 2.14. The van der Waals surface area contributed by atoms with Crippen molar-refractivity contribution in [2.75, 3.05) is 13.1 Å². The number of nitrogens with two attached hydrogens (primary N) is 1. The van der Waals surface area contributed by atoms with Crippen LogP contribution in [0.3, 0.4) is 0 Å². The maximum atomic E-state index is 6.22. The zero-order valence-electron chi connectivity index (χ0n) is 11.8. The molecule has 0 bridgehead atoms. The third kappa shape index (κ3) is 4.34. The van der Waals surface area contributed by atoms with Crippen molar-refractivity contribution in [3.05, 3.63) is 20.8 Å². The van der Waals surface area contributed by atoms with Crippen LogP contribution in [-0.2, 0) is 0 Å². The smallest absolute Gasteiger partial charge is 0.0591 e. The van der Waals surface area contributed by atoms with Crippen LogP contribution in [-0.4, -0.2) is 24.0 Å². The highest BCUT2D eigenvalue weighted by Gasteiger charge is 2.25. The molecule has 0 amide bonds. The zero-order valence-corrected chi connectivity index (χ0v) is 14.2. The van der Waals surface area contributed by atoms with Crippen LogP contribution in [0.5, 0.6) is 0 Å². The van der Waals surface area contributed by atoms with E-state index in [0.29, 0.717) is 6.04 Å². The van der Waals surface area contributed by atoms with E-state index in [0.717, 1.165) is 23.5 Å². The molecule has 0 aliphatic heterocycles. The van der Waals surface area contributed by atoms with E-state index < -0.39 is 0 Å². The summed E-state index contributed by atoms with van der Waals surface area (Å²) < 4.78 is 1.16. The first kappa shape index (κ1) is 16.2. The summed E-state index contributed by atoms with van der Waals surface area (Å²) in [5.41, 5.74) is 6.22. The molecule has 1 aromatic heterocycles. The topological polar surface area (TPSA) is 29.3 Å². The number of rotatable bonds is 7. The van der Waals surface area contributed by atoms with Crippen LogP contribution in [0.15, 0.2) is 15.9 Å². The second-order valence-corrected chi connectivity index (χ2v) is 6.93. The molecule has 1 heterocycles. The van der Waals surface area contributed by atoms with Gasteiger partial charge in [-0.1, -0.05) is 27.2 Å². The molecule has 2 nitrogen and oxygen atoms in total. The number of thiophene rings is 1. The Kier molecular flexibility index (Phi) is 6.85. The average molecular weight is 333 g/mol. The van der Waals surface area contributed by atoms with Crippen molar-refractivity contribution in [3.63, 3.8) is 0 Å². The van der Waals surface area contributed by atoms with Crippen LogP contribution < -0.4 is 5.73 Å². The van der Waals surface area contributed by atoms with E-state index in [1.54, 1.807) is 11.3 Å². The van der Waals surface area contributed by atoms with E-state index in [9.17, 15) is 0 Å². The molecule has 0 aliphatic rings. The molecule has 0 radical (unpaired) electrons. The first-order chi connectivity index (χ1) is 8.49. The fourth-order valence-corrected chi connectivity index (χ4v) is 3.92. The van der Waals surface area contributed by atoms with Gasteiger partial charge in [-0.3, -0.25) is 4.90 Å². The quantitative estimate of drug-likeness (QED) is 0.807. The molecule has 4 heteroatoms. The summed E-state index contributed by atoms with van der Waals surface area (Å²) in [7, 11) is 0. The van der Waals surface area contributed by atoms with E-state index >= 15 is 0 Å². The zero-order chi connectivity index (χ0) is 13.7. The Bertz CT molecular complexity index is 351. The van der Waals surface area contributed by atoms with Crippen molar-refractivity contribution in [2.24, 2.45) is 11.7 Å². The summed E-state index contributed by atoms with van der Waals surface area (Å²) in [6.07, 6.45) is 1.22. The number of likely N-dealkylation sites (N-methyl/N-ethyl adjacent to an activating group) is 1. The van der Waals surface area contributed by atoms with Gasteiger partial charge in [0.25, 0.3) is 0 Å². The van der Waals surface area contributed by atoms with Gasteiger partial charge in [-0.25, -0.2) is 0 Å². The number of hydrogen-bond donors (Lipinski definition) is 1. The lowest BCUT2D eigenvalue weighted by Crippen LogP contribution is -2.41. The van der Waals surface area contributed by atoms with Crippen molar-refractivity contribution in [2.45, 2.75) is 46.2 Å². The van der Waals surface area contributed by atoms with E-state index in [2.05, 4.69) is 60.0 Å². The lowest BCUT2D eigenvalue weighted by molar-refractivity contribution is 0.162. The molecule has 1 rings (SSSR count). The molecular formula is C14H25BrN2S. The first-order valence-corrected chi connectivity index (χ1v) is 8.40. The highest BCUT2D eigenvalue weighted by molar-refractivity contribution is 9.10. The predicted molar refractivity (Wildman–Crippen MR) is 85.1 cm³/mol. The second kappa shape index (κ2) is 7.63. The fourth-order valence-electron chi connectivity index (χ4n) is 2.22. The second-order valence-electron chi connectivity index (χ2n) is 5.07. The number of halogens is 1. The molecule has 1 aromatic rings. The summed E-state index contributed by atoms with van der Waals surface area (Å²) >= 11 is 5.33. The molecule has 2 N–H and O–H groups in total. The molecule has 0 spiro atoms. The lowest BCUT2D eigenvalue weighted by Gasteiger charge is -2.34. The van der Waals surface area contributed by atoms with Crippen LogP contribution in [0.25, 0.3) is 0 Å². The molecular weight excluding hydrogens is 308 g/mol. The van der Waals surface area contributed by atoms with Gasteiger partial charge in [-0.2, -0.15) is 0 Å². The van der Waals surface area contributed by atoms with Crippen LogP contribution in [0.4, 0.5) is 0 Å². The minimum Gasteiger partial charge on any atom is -0.326 e. The third-order valence-corrected chi connectivity index (χ3v) is 5.18. The molecule has 0 saturated carbocycles. The molecule has 18 heavy (non-hydrogen) atoms. The molecule has 3 unspecified atom stereocenters. The Hall–Kier alpha value is 0.1000. The largest absolute Gasteiger partial charge is 0.326 e. The van der Waals surface area contributed by atoms with Crippen LogP contribution in [0.2, 0.25) is 0 Å². The number of hydrogen-bond acceptors (Lipinski definition) is 3. The third-order valence-electron chi connectivity index (χ3n) is 3.42. The van der Waals surface area contributed by atoms with E-state index in [-0.39, 0.29) is 6.04 Å². The number of nitrogens with zero attached hydrogens (tertiary/aromatic N) is 1. The maximum Gasteiger partial charge on any atom is 0.0591 e. The van der Waals surface area contributed by atoms with E-state index in [1.807, 2.05) is 0 Å². The van der Waals surface area contributed by atoms with Gasteiger partial charge in [0.2, 0.25) is 0 Å². The van der Waals surface area contributed by atoms with Crippen molar-refractivity contribution in [3.8, 4) is 0 Å². The summed E-state index contributed by atoms with van der Waals surface area (Å²) in [5.74, 6) is 0.717.